The van der Waals surface area contributed by atoms with Crippen LogP contribution < -0.4 is 5.32 Å². The van der Waals surface area contributed by atoms with Crippen LogP contribution in [0.4, 0.5) is 0 Å². The van der Waals surface area contributed by atoms with Gasteiger partial charge in [-0.25, -0.2) is 0 Å². The Morgan fingerprint density at radius 3 is 2.73 bits per heavy atom. The molecule has 0 aliphatic heterocycles. The lowest BCUT2D eigenvalue weighted by Gasteiger charge is -2.11. The second-order valence-electron chi connectivity index (χ2n) is 2.71. The quantitative estimate of drug-likeness (QED) is 0.474. The normalized spacial score (nSPS) is 13.4. The Morgan fingerprint density at radius 2 is 2.18 bits per heavy atom. The van der Waals surface area contributed by atoms with Crippen molar-refractivity contribution in [3.05, 3.63) is 0 Å². The molecule has 0 aromatic rings. The molecule has 11 heavy (non-hydrogen) atoms. The molecule has 1 N–H and O–H groups in total. The molecule has 0 aliphatic rings. The van der Waals surface area contributed by atoms with Gasteiger partial charge in [0.05, 0.1) is 6.61 Å². The zero-order valence-electron chi connectivity index (χ0n) is 7.40. The topological polar surface area (TPSA) is 21.3 Å². The molecule has 0 radical (unpaired) electrons. The Hall–Kier alpha value is 0.210. The van der Waals surface area contributed by atoms with Gasteiger partial charge in [-0.15, -0.1) is 11.6 Å². The van der Waals surface area contributed by atoms with Gasteiger partial charge < -0.3 is 10.1 Å². The first-order valence-corrected chi connectivity index (χ1v) is 4.63. The molecule has 0 aliphatic carbocycles. The zero-order valence-corrected chi connectivity index (χ0v) is 8.16. The van der Waals surface area contributed by atoms with E-state index >= 15 is 0 Å². The summed E-state index contributed by atoms with van der Waals surface area (Å²) in [5.74, 6) is 0.764. The lowest BCUT2D eigenvalue weighted by Crippen LogP contribution is -2.30. The molecule has 0 amide bonds. The van der Waals surface area contributed by atoms with Crippen LogP contribution in [-0.2, 0) is 4.74 Å². The molecule has 0 fully saturated rings. The van der Waals surface area contributed by atoms with Crippen LogP contribution in [0, 0.1) is 0 Å². The number of unbranched alkanes of at least 4 members (excludes halogenated alkanes) is 1. The summed E-state index contributed by atoms with van der Waals surface area (Å²) in [7, 11) is 1.72. The smallest absolute Gasteiger partial charge is 0.0613 e. The van der Waals surface area contributed by atoms with Crippen LogP contribution in [-0.4, -0.2) is 32.2 Å². The van der Waals surface area contributed by atoms with Crippen molar-refractivity contribution in [1.82, 2.24) is 5.32 Å². The van der Waals surface area contributed by atoms with E-state index in [1.807, 2.05) is 0 Å². The summed E-state index contributed by atoms with van der Waals surface area (Å²) in [6.07, 6.45) is 2.24. The zero-order chi connectivity index (χ0) is 8.53. The van der Waals surface area contributed by atoms with Crippen LogP contribution in [0.2, 0.25) is 0 Å². The lowest BCUT2D eigenvalue weighted by molar-refractivity contribution is 0.172. The number of rotatable bonds is 7. The number of halogens is 1. The Balaban J connectivity index is 2.97. The molecule has 2 nitrogen and oxygen atoms in total. The lowest BCUT2D eigenvalue weighted by atomic mass is 10.3. The predicted octanol–water partition coefficient (Wildman–Crippen LogP) is 1.63. The standard InChI is InChI=1S/C8H18ClNO/c1-8(7-11-2)10-6-4-3-5-9/h8,10H,3-7H2,1-2H3. The number of methoxy groups -OCH3 is 1. The van der Waals surface area contributed by atoms with Crippen molar-refractivity contribution in [3.63, 3.8) is 0 Å². The van der Waals surface area contributed by atoms with Crippen LogP contribution >= 0.6 is 11.6 Å². The number of nitrogens with one attached hydrogen (secondary N) is 1. The molecule has 0 bridgehead atoms. The minimum atomic E-state index is 0.454. The average molecular weight is 180 g/mol. The van der Waals surface area contributed by atoms with Crippen molar-refractivity contribution >= 4 is 11.6 Å². The van der Waals surface area contributed by atoms with Crippen molar-refractivity contribution in [2.75, 3.05) is 26.1 Å². The van der Waals surface area contributed by atoms with Crippen molar-refractivity contribution < 1.29 is 4.74 Å². The minimum absolute atomic E-state index is 0.454. The Labute approximate surface area is 74.3 Å². The second kappa shape index (κ2) is 8.31. The van der Waals surface area contributed by atoms with Crippen molar-refractivity contribution in [2.45, 2.75) is 25.8 Å². The van der Waals surface area contributed by atoms with Gasteiger partial charge in [-0.3, -0.25) is 0 Å². The van der Waals surface area contributed by atoms with Gasteiger partial charge >= 0.3 is 0 Å². The van der Waals surface area contributed by atoms with Gasteiger partial charge in [-0.2, -0.15) is 0 Å². The maximum atomic E-state index is 5.53. The minimum Gasteiger partial charge on any atom is -0.383 e. The SMILES string of the molecule is COCC(C)NCCCCCl. The molecule has 0 heterocycles. The van der Waals surface area contributed by atoms with E-state index in [0.717, 1.165) is 31.9 Å². The van der Waals surface area contributed by atoms with E-state index in [-0.39, 0.29) is 0 Å². The highest BCUT2D eigenvalue weighted by Gasteiger charge is 1.97. The fourth-order valence-corrected chi connectivity index (χ4v) is 1.07. The number of ether oxygens (including phenoxy) is 1. The fourth-order valence-electron chi connectivity index (χ4n) is 0.877. The number of hydrogen-bond donors (Lipinski definition) is 1. The van der Waals surface area contributed by atoms with E-state index in [1.54, 1.807) is 7.11 Å². The van der Waals surface area contributed by atoms with Crippen molar-refractivity contribution in [1.29, 1.82) is 0 Å². The van der Waals surface area contributed by atoms with Gasteiger partial charge in [0, 0.05) is 19.0 Å². The summed E-state index contributed by atoms with van der Waals surface area (Å²) >= 11 is 5.53. The molecular weight excluding hydrogens is 162 g/mol. The highest BCUT2D eigenvalue weighted by atomic mass is 35.5. The van der Waals surface area contributed by atoms with Gasteiger partial charge in [0.2, 0.25) is 0 Å². The van der Waals surface area contributed by atoms with E-state index in [1.165, 1.54) is 0 Å². The van der Waals surface area contributed by atoms with Gasteiger partial charge in [-0.1, -0.05) is 0 Å². The predicted molar refractivity (Wildman–Crippen MR) is 49.3 cm³/mol. The van der Waals surface area contributed by atoms with E-state index < -0.39 is 0 Å². The Morgan fingerprint density at radius 1 is 1.45 bits per heavy atom. The first kappa shape index (κ1) is 11.2. The first-order chi connectivity index (χ1) is 5.31. The van der Waals surface area contributed by atoms with Gasteiger partial charge in [0.15, 0.2) is 0 Å². The van der Waals surface area contributed by atoms with Crippen LogP contribution in [0.5, 0.6) is 0 Å². The van der Waals surface area contributed by atoms with E-state index in [9.17, 15) is 0 Å². The Bertz CT molecular complexity index is 80.5. The third-order valence-electron chi connectivity index (χ3n) is 1.47. The fraction of sp³-hybridized carbons (Fsp3) is 1.00. The van der Waals surface area contributed by atoms with Gasteiger partial charge in [0.1, 0.15) is 0 Å². The maximum absolute atomic E-state index is 5.53. The first-order valence-electron chi connectivity index (χ1n) is 4.09. The summed E-state index contributed by atoms with van der Waals surface area (Å²) in [5, 5.41) is 3.33. The van der Waals surface area contributed by atoms with Crippen molar-refractivity contribution in [3.8, 4) is 0 Å². The average Bonchev–Trinajstić information content (AvgIpc) is 1.99. The Kier molecular flexibility index (Phi) is 8.47. The monoisotopic (exact) mass is 179 g/mol. The molecule has 68 valence electrons. The van der Waals surface area contributed by atoms with Crippen LogP contribution in [0.15, 0.2) is 0 Å². The molecule has 0 aromatic heterocycles. The van der Waals surface area contributed by atoms with Crippen LogP contribution in [0.3, 0.4) is 0 Å². The van der Waals surface area contributed by atoms with E-state index in [0.29, 0.717) is 6.04 Å². The molecular formula is C8H18ClNO. The summed E-state index contributed by atoms with van der Waals surface area (Å²) < 4.78 is 4.97. The van der Waals surface area contributed by atoms with Crippen LogP contribution in [0.1, 0.15) is 19.8 Å². The molecule has 0 saturated carbocycles. The van der Waals surface area contributed by atoms with Crippen molar-refractivity contribution in [2.24, 2.45) is 0 Å². The van der Waals surface area contributed by atoms with Gasteiger partial charge in [0.25, 0.3) is 0 Å². The third-order valence-corrected chi connectivity index (χ3v) is 1.74. The molecule has 0 saturated heterocycles. The van der Waals surface area contributed by atoms with Crippen LogP contribution in [0.25, 0.3) is 0 Å². The molecule has 3 heteroatoms. The molecule has 0 aromatic carbocycles. The highest BCUT2D eigenvalue weighted by molar-refractivity contribution is 6.17. The molecule has 1 unspecified atom stereocenters. The highest BCUT2D eigenvalue weighted by Crippen LogP contribution is 1.90. The number of alkyl halides is 1. The summed E-state index contributed by atoms with van der Waals surface area (Å²) in [6, 6.07) is 0.454. The summed E-state index contributed by atoms with van der Waals surface area (Å²) in [6.45, 7) is 3.93. The largest absolute Gasteiger partial charge is 0.383 e. The van der Waals surface area contributed by atoms with Gasteiger partial charge in [-0.05, 0) is 26.3 Å². The third kappa shape index (κ3) is 8.11. The molecule has 1 atom stereocenters. The molecule has 0 spiro atoms. The number of hydrogen-bond acceptors (Lipinski definition) is 2. The summed E-state index contributed by atoms with van der Waals surface area (Å²) in [5.41, 5.74) is 0. The molecule has 0 rings (SSSR count). The summed E-state index contributed by atoms with van der Waals surface area (Å²) in [4.78, 5) is 0. The van der Waals surface area contributed by atoms with E-state index in [4.69, 9.17) is 16.3 Å². The van der Waals surface area contributed by atoms with E-state index in [2.05, 4.69) is 12.2 Å². The second-order valence-corrected chi connectivity index (χ2v) is 3.08. The maximum Gasteiger partial charge on any atom is 0.0613 e.